The largest absolute Gasteiger partial charge is 0.464 e. The van der Waals surface area contributed by atoms with Crippen molar-refractivity contribution in [1.82, 2.24) is 0 Å². The van der Waals surface area contributed by atoms with Crippen LogP contribution < -0.4 is 0 Å². The molecular formula is C17H22O7. The van der Waals surface area contributed by atoms with Crippen LogP contribution >= 0.6 is 0 Å². The highest BCUT2D eigenvalue weighted by Crippen LogP contribution is 2.76. The van der Waals surface area contributed by atoms with Crippen LogP contribution in [0.4, 0.5) is 0 Å². The van der Waals surface area contributed by atoms with E-state index in [1.54, 1.807) is 20.8 Å². The summed E-state index contributed by atoms with van der Waals surface area (Å²) >= 11 is 0. The molecule has 5 rings (SSSR count). The molecule has 3 heterocycles. The van der Waals surface area contributed by atoms with Gasteiger partial charge in [-0.3, -0.25) is 9.59 Å². The molecule has 2 saturated carbocycles. The SMILES string of the molecule is C[C@@H]1C[C@H]2OC(C)(C)O[C@]23[C@@]2(COC2=O)[C@@](C)(O)[C@@H]2C[C@]13C(=O)O2. The summed E-state index contributed by atoms with van der Waals surface area (Å²) in [5.74, 6) is -1.94. The van der Waals surface area contributed by atoms with Gasteiger partial charge in [-0.1, -0.05) is 6.92 Å². The number of hydrogen-bond donors (Lipinski definition) is 1. The summed E-state index contributed by atoms with van der Waals surface area (Å²) in [4.78, 5) is 25.8. The number of hydrogen-bond acceptors (Lipinski definition) is 7. The molecule has 2 aliphatic carbocycles. The van der Waals surface area contributed by atoms with Crippen LogP contribution in [-0.4, -0.2) is 52.8 Å². The lowest BCUT2D eigenvalue weighted by molar-refractivity contribution is -0.325. The van der Waals surface area contributed by atoms with Crippen LogP contribution in [0.5, 0.6) is 0 Å². The molecule has 5 aliphatic rings. The van der Waals surface area contributed by atoms with Crippen molar-refractivity contribution in [2.75, 3.05) is 6.61 Å². The predicted octanol–water partition coefficient (Wildman–Crippen LogP) is 0.526. The normalized spacial score (nSPS) is 59.6. The summed E-state index contributed by atoms with van der Waals surface area (Å²) in [6.07, 6.45) is -0.285. The van der Waals surface area contributed by atoms with E-state index >= 15 is 0 Å². The number of fused-ring (bicyclic) bond motifs is 1. The number of cyclic esters (lactones) is 1. The molecule has 24 heavy (non-hydrogen) atoms. The van der Waals surface area contributed by atoms with Gasteiger partial charge >= 0.3 is 11.9 Å². The van der Waals surface area contributed by atoms with Gasteiger partial charge in [0.25, 0.3) is 0 Å². The fourth-order valence-electron chi connectivity index (χ4n) is 6.34. The lowest BCUT2D eigenvalue weighted by atomic mass is 9.45. The van der Waals surface area contributed by atoms with E-state index in [4.69, 9.17) is 18.9 Å². The molecule has 5 fully saturated rings. The smallest absolute Gasteiger partial charge is 0.321 e. The first-order chi connectivity index (χ1) is 11.1. The first kappa shape index (κ1) is 15.1. The first-order valence-electron chi connectivity index (χ1n) is 8.54. The Balaban J connectivity index is 1.86. The molecule has 0 aromatic heterocycles. The zero-order chi connectivity index (χ0) is 17.3. The van der Waals surface area contributed by atoms with Gasteiger partial charge < -0.3 is 24.1 Å². The number of aliphatic hydroxyl groups is 1. The quantitative estimate of drug-likeness (QED) is 0.644. The molecule has 132 valence electrons. The Hall–Kier alpha value is -1.18. The Morgan fingerprint density at radius 3 is 2.42 bits per heavy atom. The van der Waals surface area contributed by atoms with Gasteiger partial charge in [0.1, 0.15) is 29.3 Å². The molecule has 1 N–H and O–H groups in total. The highest BCUT2D eigenvalue weighted by molar-refractivity contribution is 5.92. The van der Waals surface area contributed by atoms with E-state index in [1.807, 2.05) is 6.92 Å². The van der Waals surface area contributed by atoms with Crippen LogP contribution in [0.25, 0.3) is 0 Å². The number of carbonyl (C=O) groups is 2. The molecular weight excluding hydrogens is 316 g/mol. The second kappa shape index (κ2) is 3.66. The van der Waals surface area contributed by atoms with E-state index in [9.17, 15) is 14.7 Å². The minimum absolute atomic E-state index is 0.0103. The third kappa shape index (κ3) is 1.11. The summed E-state index contributed by atoms with van der Waals surface area (Å²) in [5.41, 5.74) is -5.16. The van der Waals surface area contributed by atoms with Crippen molar-refractivity contribution in [1.29, 1.82) is 0 Å². The standard InChI is InChI=1S/C17H22O7/c1-8-5-9-17(24-13(2,3)23-9)15(8)6-10(22-11(15)18)14(4,20)16(17)7-21-12(16)19/h8-10,20H,5-7H2,1-4H3/t8-,9-,10+,14+,15-,16-,17-/m1/s1. The maximum atomic E-state index is 13.0. The van der Waals surface area contributed by atoms with Crippen LogP contribution in [0.15, 0.2) is 0 Å². The fourth-order valence-corrected chi connectivity index (χ4v) is 6.34. The molecule has 0 aromatic carbocycles. The predicted molar refractivity (Wildman–Crippen MR) is 77.5 cm³/mol. The Kier molecular flexibility index (Phi) is 2.30. The van der Waals surface area contributed by atoms with Crippen molar-refractivity contribution in [3.63, 3.8) is 0 Å². The first-order valence-corrected chi connectivity index (χ1v) is 8.54. The monoisotopic (exact) mass is 338 g/mol. The number of rotatable bonds is 0. The molecule has 3 saturated heterocycles. The molecule has 0 aromatic rings. The van der Waals surface area contributed by atoms with Gasteiger partial charge in [0.05, 0.1) is 6.10 Å². The van der Waals surface area contributed by atoms with Crippen molar-refractivity contribution in [3.8, 4) is 0 Å². The lowest BCUT2D eigenvalue weighted by Gasteiger charge is -2.63. The maximum absolute atomic E-state index is 13.0. The average molecular weight is 338 g/mol. The van der Waals surface area contributed by atoms with Gasteiger partial charge in [-0.2, -0.15) is 0 Å². The maximum Gasteiger partial charge on any atom is 0.321 e. The highest BCUT2D eigenvalue weighted by atomic mass is 16.8. The molecule has 7 atom stereocenters. The molecule has 3 spiro atoms. The molecule has 0 unspecified atom stereocenters. The average Bonchev–Trinajstić information content (AvgIpc) is 2.99. The van der Waals surface area contributed by atoms with Crippen LogP contribution in [0, 0.1) is 16.7 Å². The minimum Gasteiger partial charge on any atom is -0.464 e. The van der Waals surface area contributed by atoms with E-state index in [2.05, 4.69) is 0 Å². The van der Waals surface area contributed by atoms with Crippen LogP contribution in [-0.2, 0) is 28.5 Å². The van der Waals surface area contributed by atoms with Gasteiger partial charge in [-0.25, -0.2) is 0 Å². The molecule has 7 nitrogen and oxygen atoms in total. The van der Waals surface area contributed by atoms with E-state index in [-0.39, 0.29) is 18.5 Å². The summed E-state index contributed by atoms with van der Waals surface area (Å²) in [6.45, 7) is 7.09. The summed E-state index contributed by atoms with van der Waals surface area (Å²) in [6, 6.07) is 0. The zero-order valence-corrected chi connectivity index (χ0v) is 14.3. The van der Waals surface area contributed by atoms with Crippen molar-refractivity contribution >= 4 is 11.9 Å². The van der Waals surface area contributed by atoms with E-state index in [0.717, 1.165) is 0 Å². The van der Waals surface area contributed by atoms with Crippen molar-refractivity contribution < 1.29 is 33.6 Å². The van der Waals surface area contributed by atoms with Gasteiger partial charge in [0.2, 0.25) is 0 Å². The number of carbonyl (C=O) groups excluding carboxylic acids is 2. The Bertz CT molecular complexity index is 684. The summed E-state index contributed by atoms with van der Waals surface area (Å²) < 4.78 is 23.3. The van der Waals surface area contributed by atoms with E-state index in [0.29, 0.717) is 12.8 Å². The molecule has 2 bridgehead atoms. The van der Waals surface area contributed by atoms with Crippen molar-refractivity contribution in [2.45, 2.75) is 69.7 Å². The summed E-state index contributed by atoms with van der Waals surface area (Å²) in [7, 11) is 0. The number of esters is 2. The summed E-state index contributed by atoms with van der Waals surface area (Å²) in [5, 5.41) is 11.3. The molecule has 3 aliphatic heterocycles. The second-order valence-corrected chi connectivity index (χ2v) is 8.68. The molecule has 0 radical (unpaired) electrons. The van der Waals surface area contributed by atoms with E-state index in [1.165, 1.54) is 0 Å². The number of ether oxygens (including phenoxy) is 4. The topological polar surface area (TPSA) is 91.3 Å². The zero-order valence-electron chi connectivity index (χ0n) is 14.3. The molecule has 0 amide bonds. The van der Waals surface area contributed by atoms with Gasteiger partial charge in [0, 0.05) is 6.42 Å². The van der Waals surface area contributed by atoms with Gasteiger partial charge in [-0.15, -0.1) is 0 Å². The molecule has 7 heteroatoms. The van der Waals surface area contributed by atoms with Gasteiger partial charge in [-0.05, 0) is 33.1 Å². The lowest BCUT2D eigenvalue weighted by Crippen LogP contribution is -2.83. The Morgan fingerprint density at radius 2 is 1.83 bits per heavy atom. The highest BCUT2D eigenvalue weighted by Gasteiger charge is 2.94. The van der Waals surface area contributed by atoms with Crippen LogP contribution in [0.3, 0.4) is 0 Å². The third-order valence-electron chi connectivity index (χ3n) is 7.37. The van der Waals surface area contributed by atoms with Crippen molar-refractivity contribution in [3.05, 3.63) is 0 Å². The third-order valence-corrected chi connectivity index (χ3v) is 7.37. The fraction of sp³-hybridized carbons (Fsp3) is 0.882. The van der Waals surface area contributed by atoms with Crippen molar-refractivity contribution in [2.24, 2.45) is 16.7 Å². The van der Waals surface area contributed by atoms with Crippen LogP contribution in [0.1, 0.15) is 40.5 Å². The minimum atomic E-state index is -1.57. The Morgan fingerprint density at radius 1 is 1.12 bits per heavy atom. The van der Waals surface area contributed by atoms with Crippen LogP contribution in [0.2, 0.25) is 0 Å². The second-order valence-electron chi connectivity index (χ2n) is 8.68. The Labute approximate surface area is 139 Å². The van der Waals surface area contributed by atoms with E-state index < -0.39 is 46.0 Å². The van der Waals surface area contributed by atoms with Gasteiger partial charge in [0.15, 0.2) is 11.2 Å².